The number of halogens is 1. The van der Waals surface area contributed by atoms with Crippen molar-refractivity contribution in [3.63, 3.8) is 0 Å². The molecular weight excluding hydrogens is 158 g/mol. The molecule has 2 rings (SSSR count). The summed E-state index contributed by atoms with van der Waals surface area (Å²) in [6, 6.07) is 0. The fourth-order valence-corrected chi connectivity index (χ4v) is 3.45. The summed E-state index contributed by atoms with van der Waals surface area (Å²) in [6.45, 7) is 3.37. The van der Waals surface area contributed by atoms with E-state index in [0.29, 0.717) is 5.41 Å². The predicted octanol–water partition coefficient (Wildman–Crippen LogP) is 2.56. The van der Waals surface area contributed by atoms with E-state index in [-0.39, 0.29) is 0 Å². The number of nitrogens with one attached hydrogen (secondary N) is 1. The average molecular weight is 174 g/mol. The highest BCUT2D eigenvalue weighted by Crippen LogP contribution is 2.58. The van der Waals surface area contributed by atoms with Crippen molar-refractivity contribution in [1.82, 2.24) is 4.84 Å². The largest absolute Gasteiger partial charge is 0.233 e. The molecule has 0 radical (unpaired) electrons. The van der Waals surface area contributed by atoms with E-state index in [1.54, 1.807) is 0 Å². The molecule has 2 saturated carbocycles. The highest BCUT2D eigenvalue weighted by molar-refractivity contribution is 6.13. The first-order chi connectivity index (χ1) is 5.26. The second-order valence-corrected chi connectivity index (χ2v) is 4.73. The first-order valence-electron chi connectivity index (χ1n) is 4.60. The molecular formula is C9H16ClN. The van der Waals surface area contributed by atoms with Crippen LogP contribution in [-0.2, 0) is 0 Å². The van der Waals surface area contributed by atoms with E-state index >= 15 is 0 Å². The zero-order valence-corrected chi connectivity index (χ0v) is 7.82. The maximum Gasteiger partial charge on any atom is 0.0165 e. The SMILES string of the molecule is C[C@]1(CNCl)C[C@H]2CCC[C@H]21. The minimum Gasteiger partial charge on any atom is -0.233 e. The van der Waals surface area contributed by atoms with E-state index in [0.717, 1.165) is 18.4 Å². The maximum atomic E-state index is 5.54. The summed E-state index contributed by atoms with van der Waals surface area (Å²) >= 11 is 5.54. The minimum atomic E-state index is 0.531. The Morgan fingerprint density at radius 2 is 2.36 bits per heavy atom. The number of hydrogen-bond acceptors (Lipinski definition) is 1. The molecule has 0 aliphatic heterocycles. The van der Waals surface area contributed by atoms with Crippen LogP contribution in [0.15, 0.2) is 0 Å². The van der Waals surface area contributed by atoms with Crippen LogP contribution in [0.1, 0.15) is 32.6 Å². The quantitative estimate of drug-likeness (QED) is 0.633. The van der Waals surface area contributed by atoms with Gasteiger partial charge in [0.2, 0.25) is 0 Å². The summed E-state index contributed by atoms with van der Waals surface area (Å²) in [4.78, 5) is 2.80. The Balaban J connectivity index is 1.97. The average Bonchev–Trinajstić information content (AvgIpc) is 2.32. The predicted molar refractivity (Wildman–Crippen MR) is 47.4 cm³/mol. The fourth-order valence-electron chi connectivity index (χ4n) is 3.14. The van der Waals surface area contributed by atoms with Crippen molar-refractivity contribution in [2.75, 3.05) is 6.54 Å². The van der Waals surface area contributed by atoms with E-state index in [1.807, 2.05) is 0 Å². The molecule has 11 heavy (non-hydrogen) atoms. The van der Waals surface area contributed by atoms with Gasteiger partial charge >= 0.3 is 0 Å². The Labute approximate surface area is 73.6 Å². The first kappa shape index (κ1) is 7.88. The van der Waals surface area contributed by atoms with Crippen molar-refractivity contribution in [3.05, 3.63) is 0 Å². The molecule has 0 aromatic rings. The Morgan fingerprint density at radius 3 is 3.00 bits per heavy atom. The van der Waals surface area contributed by atoms with Crippen LogP contribution in [0, 0.1) is 17.3 Å². The summed E-state index contributed by atoms with van der Waals surface area (Å²) < 4.78 is 0. The van der Waals surface area contributed by atoms with E-state index in [4.69, 9.17) is 11.8 Å². The van der Waals surface area contributed by atoms with Crippen molar-refractivity contribution in [3.8, 4) is 0 Å². The van der Waals surface area contributed by atoms with Gasteiger partial charge in [-0.05, 0) is 41.9 Å². The van der Waals surface area contributed by atoms with Crippen LogP contribution in [0.3, 0.4) is 0 Å². The number of hydrogen-bond donors (Lipinski definition) is 1. The van der Waals surface area contributed by atoms with Crippen LogP contribution >= 0.6 is 11.8 Å². The van der Waals surface area contributed by atoms with Gasteiger partial charge in [0.15, 0.2) is 0 Å². The molecule has 0 bridgehead atoms. The highest BCUT2D eigenvalue weighted by Gasteiger charge is 2.51. The smallest absolute Gasteiger partial charge is 0.0165 e. The van der Waals surface area contributed by atoms with Gasteiger partial charge in [-0.25, -0.2) is 4.84 Å². The van der Waals surface area contributed by atoms with Gasteiger partial charge in [-0.15, -0.1) is 0 Å². The Kier molecular flexibility index (Phi) is 1.89. The van der Waals surface area contributed by atoms with E-state index in [2.05, 4.69) is 11.8 Å². The Bertz CT molecular complexity index is 160. The van der Waals surface area contributed by atoms with Crippen LogP contribution in [-0.4, -0.2) is 6.54 Å². The van der Waals surface area contributed by atoms with Gasteiger partial charge in [0.25, 0.3) is 0 Å². The molecule has 2 fully saturated rings. The van der Waals surface area contributed by atoms with Crippen LogP contribution in [0.5, 0.6) is 0 Å². The monoisotopic (exact) mass is 173 g/mol. The summed E-state index contributed by atoms with van der Waals surface area (Å²) in [5.74, 6) is 2.03. The standard InChI is InChI=1S/C9H16ClN/c1-9(6-11-10)5-7-3-2-4-8(7)9/h7-8,11H,2-6H2,1H3/t7-,8-,9-/m1/s1. The van der Waals surface area contributed by atoms with Gasteiger partial charge in [0.1, 0.15) is 0 Å². The number of rotatable bonds is 2. The van der Waals surface area contributed by atoms with Crippen LogP contribution in [0.25, 0.3) is 0 Å². The molecule has 64 valence electrons. The zero-order chi connectivity index (χ0) is 7.90. The molecule has 1 N–H and O–H groups in total. The van der Waals surface area contributed by atoms with Crippen molar-refractivity contribution in [1.29, 1.82) is 0 Å². The highest BCUT2D eigenvalue weighted by atomic mass is 35.5. The third kappa shape index (κ3) is 1.09. The summed E-state index contributed by atoms with van der Waals surface area (Å²) in [5, 5.41) is 0. The normalized spacial score (nSPS) is 48.5. The summed E-state index contributed by atoms with van der Waals surface area (Å²) in [6.07, 6.45) is 5.77. The van der Waals surface area contributed by atoms with E-state index in [9.17, 15) is 0 Å². The second-order valence-electron chi connectivity index (χ2n) is 4.47. The fraction of sp³-hybridized carbons (Fsp3) is 1.00. The van der Waals surface area contributed by atoms with Crippen LogP contribution in [0.4, 0.5) is 0 Å². The summed E-state index contributed by atoms with van der Waals surface area (Å²) in [5.41, 5.74) is 0.531. The van der Waals surface area contributed by atoms with Gasteiger partial charge < -0.3 is 0 Å². The Hall–Kier alpha value is 0.250. The summed E-state index contributed by atoms with van der Waals surface area (Å²) in [7, 11) is 0. The molecule has 0 amide bonds. The third-order valence-corrected chi connectivity index (χ3v) is 3.89. The molecule has 0 aromatic heterocycles. The molecule has 2 aliphatic rings. The molecule has 2 aliphatic carbocycles. The molecule has 3 atom stereocenters. The molecule has 0 aromatic carbocycles. The van der Waals surface area contributed by atoms with Crippen molar-refractivity contribution in [2.45, 2.75) is 32.6 Å². The van der Waals surface area contributed by atoms with Crippen molar-refractivity contribution in [2.24, 2.45) is 17.3 Å². The Morgan fingerprint density at radius 1 is 1.55 bits per heavy atom. The molecule has 0 heterocycles. The van der Waals surface area contributed by atoms with Gasteiger partial charge in [-0.2, -0.15) is 0 Å². The molecule has 0 unspecified atom stereocenters. The molecule has 2 heteroatoms. The minimum absolute atomic E-state index is 0.531. The maximum absolute atomic E-state index is 5.54. The topological polar surface area (TPSA) is 12.0 Å². The lowest BCUT2D eigenvalue weighted by atomic mass is 9.56. The second kappa shape index (κ2) is 2.63. The van der Waals surface area contributed by atoms with Gasteiger partial charge in [0.05, 0.1) is 0 Å². The van der Waals surface area contributed by atoms with Gasteiger partial charge in [-0.3, -0.25) is 0 Å². The van der Waals surface area contributed by atoms with E-state index < -0.39 is 0 Å². The molecule has 0 saturated heterocycles. The van der Waals surface area contributed by atoms with Crippen molar-refractivity contribution < 1.29 is 0 Å². The number of fused-ring (bicyclic) bond motifs is 1. The lowest BCUT2D eigenvalue weighted by Gasteiger charge is -2.50. The first-order valence-corrected chi connectivity index (χ1v) is 4.97. The van der Waals surface area contributed by atoms with Crippen LogP contribution < -0.4 is 4.84 Å². The molecule has 1 nitrogen and oxygen atoms in total. The van der Waals surface area contributed by atoms with Gasteiger partial charge in [-0.1, -0.05) is 19.8 Å². The van der Waals surface area contributed by atoms with Gasteiger partial charge in [0, 0.05) is 6.54 Å². The third-order valence-electron chi connectivity index (χ3n) is 3.75. The lowest BCUT2D eigenvalue weighted by molar-refractivity contribution is 0.00210. The van der Waals surface area contributed by atoms with Crippen molar-refractivity contribution >= 4 is 11.8 Å². The molecule has 0 spiro atoms. The lowest BCUT2D eigenvalue weighted by Crippen LogP contribution is -2.47. The zero-order valence-electron chi connectivity index (χ0n) is 7.07. The van der Waals surface area contributed by atoms with Crippen LogP contribution in [0.2, 0.25) is 0 Å². The van der Waals surface area contributed by atoms with E-state index in [1.165, 1.54) is 25.7 Å².